The number of amides is 4. The van der Waals surface area contributed by atoms with Crippen LogP contribution in [-0.4, -0.2) is 91.6 Å². The molecule has 2 heterocycles. The minimum Gasteiger partial charge on any atom is -0.522 e. The van der Waals surface area contributed by atoms with Gasteiger partial charge >= 0.3 is 28.4 Å². The summed E-state index contributed by atoms with van der Waals surface area (Å²) in [6.07, 6.45) is 3.33. The first-order valence-corrected chi connectivity index (χ1v) is 20.0. The molecule has 0 unspecified atom stereocenters. The Morgan fingerprint density at radius 3 is 2.24 bits per heavy atom. The number of hydrogen-bond donors (Lipinski definition) is 7. The normalized spacial score (nSPS) is 13.6. The molecule has 3 aromatic rings. The van der Waals surface area contributed by atoms with Crippen molar-refractivity contribution >= 4 is 51.8 Å². The number of hydrogen-bond acceptors (Lipinski definition) is 11. The Morgan fingerprint density at radius 2 is 1.61 bits per heavy atom. The quantitative estimate of drug-likeness (QED) is 0.0585. The smallest absolute Gasteiger partial charge is 0.522 e. The topological polar surface area (TPSA) is 276 Å². The number of benzene rings is 2. The van der Waals surface area contributed by atoms with Gasteiger partial charge in [-0.05, 0) is 36.5 Å². The third-order valence-electron chi connectivity index (χ3n) is 7.86. The van der Waals surface area contributed by atoms with E-state index in [1.807, 2.05) is 44.2 Å². The molecule has 0 saturated carbocycles. The Hall–Kier alpha value is -4.84. The number of aromatic nitrogens is 2. The Kier molecular flexibility index (Phi) is 14.3. The van der Waals surface area contributed by atoms with Gasteiger partial charge in [-0.3, -0.25) is 33.4 Å². The van der Waals surface area contributed by atoms with Gasteiger partial charge in [0.05, 0.1) is 24.4 Å². The number of anilines is 1. The van der Waals surface area contributed by atoms with Gasteiger partial charge in [0.2, 0.25) is 17.3 Å². The molecule has 4 amide bonds. The van der Waals surface area contributed by atoms with Crippen molar-refractivity contribution < 1.29 is 61.9 Å². The van der Waals surface area contributed by atoms with Crippen LogP contribution in [0.1, 0.15) is 49.2 Å². The van der Waals surface area contributed by atoms with Gasteiger partial charge in [0, 0.05) is 38.3 Å². The second-order valence-corrected chi connectivity index (χ2v) is 16.5. The molecule has 4 rings (SSSR count). The average Bonchev–Trinajstić information content (AvgIpc) is 3.55. The summed E-state index contributed by atoms with van der Waals surface area (Å²) >= 11 is 0. The summed E-state index contributed by atoms with van der Waals surface area (Å²) in [5, 5.41) is 7.38. The van der Waals surface area contributed by atoms with E-state index < -0.39 is 70.1 Å². The van der Waals surface area contributed by atoms with Crippen LogP contribution >= 0.6 is 15.2 Å². The molecule has 0 radical (unpaired) electrons. The molecule has 0 fully saturated rings. The number of carbonyl (C=O) groups is 4. The average molecular weight is 790 g/mol. The van der Waals surface area contributed by atoms with Crippen molar-refractivity contribution in [2.45, 2.75) is 57.0 Å². The van der Waals surface area contributed by atoms with Crippen molar-refractivity contribution in [1.29, 1.82) is 0 Å². The second-order valence-electron chi connectivity index (χ2n) is 12.7. The zero-order chi connectivity index (χ0) is 39.6. The van der Waals surface area contributed by atoms with Crippen molar-refractivity contribution in [2.75, 3.05) is 18.6 Å². The molecule has 0 bridgehead atoms. The zero-order valence-corrected chi connectivity index (χ0v) is 31.3. The molecule has 290 valence electrons. The summed E-state index contributed by atoms with van der Waals surface area (Å²) < 4.78 is 40.1. The zero-order valence-electron chi connectivity index (χ0n) is 29.5. The lowest BCUT2D eigenvalue weighted by molar-refractivity contribution is -0.123. The minimum absolute atomic E-state index is 0.0480. The van der Waals surface area contributed by atoms with Crippen molar-refractivity contribution in [1.82, 2.24) is 25.9 Å². The molecule has 19 nitrogen and oxygen atoms in total. The van der Waals surface area contributed by atoms with Gasteiger partial charge in [-0.1, -0.05) is 44.2 Å². The fraction of sp³-hybridized carbons (Fsp3) is 0.375. The summed E-state index contributed by atoms with van der Waals surface area (Å²) in [7, 11) is -10.3. The van der Waals surface area contributed by atoms with E-state index in [4.69, 9.17) is 33.6 Å². The monoisotopic (exact) mass is 790 g/mol. The highest BCUT2D eigenvalue weighted by Gasteiger charge is 2.45. The van der Waals surface area contributed by atoms with Gasteiger partial charge in [0.15, 0.2) is 0 Å². The standard InChI is InChI=1S/C32H41BN6O13P2/c1-20(2)16-27(37-29(41)23(17-21-8-5-4-6-9-21)36-30(42)24-19-34-13-14-35-24)33-51-25-12-11-22(18-26(25)52-33)39(3)32(43)50-15-7-10-28(40)38-31(53(44,45)46)54(47,48)49/h4-6,8-9,11-14,18-20,23,27,31H,7,10,15-17H2,1-3H3,(H,36,42)(H,37,41)(H,38,40)(H2,44,45,46)(H2,47,48,49)/t23-,27-/m0/s1. The van der Waals surface area contributed by atoms with Crippen LogP contribution in [0.2, 0.25) is 0 Å². The van der Waals surface area contributed by atoms with Gasteiger partial charge in [0.1, 0.15) is 23.2 Å². The van der Waals surface area contributed by atoms with Gasteiger partial charge in [0.25, 0.3) is 5.91 Å². The first-order valence-electron chi connectivity index (χ1n) is 16.6. The van der Waals surface area contributed by atoms with Crippen LogP contribution < -0.4 is 30.2 Å². The molecule has 1 aliphatic heterocycles. The Morgan fingerprint density at radius 1 is 0.926 bits per heavy atom. The largest absolute Gasteiger partial charge is 0.618 e. The Bertz CT molecular complexity index is 1860. The molecule has 22 heteroatoms. The second kappa shape index (κ2) is 18.5. The van der Waals surface area contributed by atoms with Crippen molar-refractivity contribution in [3.05, 3.63) is 78.4 Å². The van der Waals surface area contributed by atoms with Crippen LogP contribution in [0.15, 0.2) is 67.1 Å². The summed E-state index contributed by atoms with van der Waals surface area (Å²) in [5.74, 6) is -2.07. The van der Waals surface area contributed by atoms with E-state index in [1.165, 1.54) is 31.7 Å². The Labute approximate surface area is 310 Å². The van der Waals surface area contributed by atoms with Gasteiger partial charge in [-0.15, -0.1) is 0 Å². The molecule has 0 aliphatic carbocycles. The molecule has 2 atom stereocenters. The maximum absolute atomic E-state index is 13.8. The number of fused-ring (bicyclic) bond motifs is 1. The minimum atomic E-state index is -5.35. The molecule has 0 saturated heterocycles. The summed E-state index contributed by atoms with van der Waals surface area (Å²) in [4.78, 5) is 97.3. The lowest BCUT2D eigenvalue weighted by Gasteiger charge is -2.25. The number of ether oxygens (including phenoxy) is 1. The highest BCUT2D eigenvalue weighted by molar-refractivity contribution is 7.70. The van der Waals surface area contributed by atoms with Crippen LogP contribution in [0.3, 0.4) is 0 Å². The number of carbonyl (C=O) groups excluding carboxylic acids is 4. The molecular weight excluding hydrogens is 749 g/mol. The van der Waals surface area contributed by atoms with E-state index in [2.05, 4.69) is 20.6 Å². The van der Waals surface area contributed by atoms with E-state index in [9.17, 15) is 28.3 Å². The van der Waals surface area contributed by atoms with Gasteiger partial charge in [-0.25, -0.2) is 9.78 Å². The van der Waals surface area contributed by atoms with E-state index in [0.29, 0.717) is 17.9 Å². The number of nitrogens with one attached hydrogen (secondary N) is 3. The van der Waals surface area contributed by atoms with Crippen molar-refractivity contribution in [3.8, 4) is 11.5 Å². The predicted octanol–water partition coefficient (Wildman–Crippen LogP) is 1.96. The first-order chi connectivity index (χ1) is 25.4. The predicted molar refractivity (Wildman–Crippen MR) is 193 cm³/mol. The lowest BCUT2D eigenvalue weighted by Crippen LogP contribution is -2.57. The summed E-state index contributed by atoms with van der Waals surface area (Å²) in [5.41, 5.74) is -1.49. The summed E-state index contributed by atoms with van der Waals surface area (Å²) in [6.45, 7) is 3.62. The molecule has 54 heavy (non-hydrogen) atoms. The fourth-order valence-corrected chi connectivity index (χ4v) is 7.44. The lowest BCUT2D eigenvalue weighted by atomic mass is 9.74. The van der Waals surface area contributed by atoms with Crippen LogP contribution in [0.5, 0.6) is 11.5 Å². The molecular formula is C32H41BN6O13P2. The third-order valence-corrected chi connectivity index (χ3v) is 11.2. The molecule has 0 spiro atoms. The van der Waals surface area contributed by atoms with Crippen molar-refractivity contribution in [3.63, 3.8) is 0 Å². The van der Waals surface area contributed by atoms with E-state index in [-0.39, 0.29) is 36.8 Å². The molecule has 1 aromatic heterocycles. The highest BCUT2D eigenvalue weighted by atomic mass is 31.2. The molecule has 7 N–H and O–H groups in total. The van der Waals surface area contributed by atoms with Gasteiger partial charge < -0.3 is 49.6 Å². The van der Waals surface area contributed by atoms with Crippen LogP contribution in [0.25, 0.3) is 0 Å². The third kappa shape index (κ3) is 12.1. The SMILES string of the molecule is CC(C)C[C@H](NC(=O)[C@H](Cc1ccccc1)NC(=O)c1cnccn1)B1Oc2ccc(N(C)C(=O)OCCCC(=O)NC(P(=O)(O)O)P(=O)(O)O)cc2O1. The molecule has 2 aromatic carbocycles. The van der Waals surface area contributed by atoms with E-state index in [1.54, 1.807) is 17.4 Å². The highest BCUT2D eigenvalue weighted by Crippen LogP contribution is 2.58. The van der Waals surface area contributed by atoms with Crippen LogP contribution in [-0.2, 0) is 29.9 Å². The first kappa shape index (κ1) is 41.9. The van der Waals surface area contributed by atoms with Crippen LogP contribution in [0.4, 0.5) is 10.5 Å². The van der Waals surface area contributed by atoms with Crippen molar-refractivity contribution in [2.24, 2.45) is 5.92 Å². The van der Waals surface area contributed by atoms with E-state index >= 15 is 0 Å². The summed E-state index contributed by atoms with van der Waals surface area (Å²) in [6, 6.07) is 12.9. The maximum Gasteiger partial charge on any atom is 0.618 e. The fourth-order valence-electron chi connectivity index (χ4n) is 5.25. The number of rotatable bonds is 17. The maximum atomic E-state index is 13.8. The van der Waals surface area contributed by atoms with Crippen LogP contribution in [0, 0.1) is 5.92 Å². The number of nitrogens with zero attached hydrogens (tertiary/aromatic N) is 3. The Balaban J connectivity index is 1.37. The van der Waals surface area contributed by atoms with Gasteiger partial charge in [-0.2, -0.15) is 0 Å². The molecule has 1 aliphatic rings. The van der Waals surface area contributed by atoms with E-state index in [0.717, 1.165) is 10.5 Å².